The minimum absolute atomic E-state index is 0.484. The van der Waals surface area contributed by atoms with Gasteiger partial charge < -0.3 is 13.9 Å². The molecule has 2 rings (SSSR count). The average molecular weight is 261 g/mol. The second-order valence-corrected chi connectivity index (χ2v) is 4.25. The molecule has 0 aliphatic rings. The third kappa shape index (κ3) is 3.03. The minimum atomic E-state index is -0.484. The van der Waals surface area contributed by atoms with Crippen LogP contribution in [0.25, 0.3) is 11.5 Å². The van der Waals surface area contributed by atoms with Crippen molar-refractivity contribution >= 4 is 0 Å². The monoisotopic (exact) mass is 261 g/mol. The van der Waals surface area contributed by atoms with Gasteiger partial charge in [0.2, 0.25) is 12.2 Å². The summed E-state index contributed by atoms with van der Waals surface area (Å²) in [4.78, 5) is 4.52. The number of nitrogens with zero attached hydrogens (tertiary/aromatic N) is 1. The molecular weight excluding hydrogens is 242 g/mol. The third-order valence-electron chi connectivity index (χ3n) is 2.88. The lowest BCUT2D eigenvalue weighted by Gasteiger charge is -2.11. The second-order valence-electron chi connectivity index (χ2n) is 4.25. The van der Waals surface area contributed by atoms with Gasteiger partial charge in [0, 0.05) is 26.2 Å². The van der Waals surface area contributed by atoms with Crippen LogP contribution in [0.15, 0.2) is 34.7 Å². The molecule has 0 saturated carbocycles. The van der Waals surface area contributed by atoms with Crippen LogP contribution in [0.1, 0.15) is 31.1 Å². The van der Waals surface area contributed by atoms with Gasteiger partial charge in [-0.15, -0.1) is 0 Å². The molecule has 0 spiro atoms. The predicted octanol–water partition coefficient (Wildman–Crippen LogP) is 3.59. The summed E-state index contributed by atoms with van der Waals surface area (Å²) in [6, 6.07) is 9.83. The summed E-state index contributed by atoms with van der Waals surface area (Å²) in [6.07, 6.45) is 1.32. The maximum atomic E-state index is 5.85. The van der Waals surface area contributed by atoms with Crippen LogP contribution in [0.3, 0.4) is 0 Å². The summed E-state index contributed by atoms with van der Waals surface area (Å²) in [5.41, 5.74) is 1.68. The maximum Gasteiger partial charge on any atom is 0.226 e. The smallest absolute Gasteiger partial charge is 0.226 e. The molecule has 4 heteroatoms. The Bertz CT molecular complexity index is 503. The van der Waals surface area contributed by atoms with E-state index in [9.17, 15) is 0 Å². The summed E-state index contributed by atoms with van der Waals surface area (Å²) in [7, 11) is 3.20. The fourth-order valence-electron chi connectivity index (χ4n) is 1.98. The van der Waals surface area contributed by atoms with Crippen molar-refractivity contribution in [2.75, 3.05) is 14.2 Å². The topological polar surface area (TPSA) is 44.5 Å². The second kappa shape index (κ2) is 6.50. The van der Waals surface area contributed by atoms with E-state index in [1.165, 1.54) is 0 Å². The van der Waals surface area contributed by atoms with Crippen molar-refractivity contribution in [3.8, 4) is 11.5 Å². The first-order valence-corrected chi connectivity index (χ1v) is 6.40. The van der Waals surface area contributed by atoms with Gasteiger partial charge in [-0.1, -0.05) is 25.1 Å². The van der Waals surface area contributed by atoms with Crippen molar-refractivity contribution < 1.29 is 13.9 Å². The van der Waals surface area contributed by atoms with Crippen molar-refractivity contribution in [2.45, 2.75) is 26.1 Å². The highest BCUT2D eigenvalue weighted by Gasteiger charge is 2.21. The molecule has 1 aromatic heterocycles. The van der Waals surface area contributed by atoms with Crippen LogP contribution in [0.2, 0.25) is 0 Å². The first-order valence-electron chi connectivity index (χ1n) is 6.40. The fraction of sp³-hybridized carbons (Fsp3) is 0.400. The Labute approximate surface area is 113 Å². The van der Waals surface area contributed by atoms with Crippen LogP contribution in [0, 0.1) is 0 Å². The van der Waals surface area contributed by atoms with E-state index in [-0.39, 0.29) is 0 Å². The van der Waals surface area contributed by atoms with E-state index < -0.39 is 6.29 Å². The molecule has 0 atom stereocenters. The zero-order valence-corrected chi connectivity index (χ0v) is 11.6. The van der Waals surface area contributed by atoms with E-state index in [1.807, 2.05) is 30.3 Å². The fourth-order valence-corrected chi connectivity index (χ4v) is 1.98. The first-order chi connectivity index (χ1) is 9.30. The van der Waals surface area contributed by atoms with E-state index in [1.54, 1.807) is 14.2 Å². The van der Waals surface area contributed by atoms with Crippen LogP contribution >= 0.6 is 0 Å². The molecule has 0 unspecified atom stereocenters. The zero-order valence-electron chi connectivity index (χ0n) is 11.6. The Hall–Kier alpha value is -1.65. The number of aromatic nitrogens is 1. The Morgan fingerprint density at radius 3 is 2.42 bits per heavy atom. The number of methoxy groups -OCH3 is 2. The summed E-state index contributed by atoms with van der Waals surface area (Å²) >= 11 is 0. The quantitative estimate of drug-likeness (QED) is 0.745. The SMILES string of the molecule is CCCc1oc(-c2ccccc2)nc1C(OC)OC. The summed E-state index contributed by atoms with van der Waals surface area (Å²) in [5.74, 6) is 1.44. The van der Waals surface area contributed by atoms with E-state index in [2.05, 4.69) is 11.9 Å². The Morgan fingerprint density at radius 1 is 1.16 bits per heavy atom. The van der Waals surface area contributed by atoms with Crippen LogP contribution < -0.4 is 0 Å². The molecule has 0 saturated heterocycles. The largest absolute Gasteiger partial charge is 0.441 e. The molecule has 4 nitrogen and oxygen atoms in total. The van der Waals surface area contributed by atoms with E-state index in [0.29, 0.717) is 5.89 Å². The van der Waals surface area contributed by atoms with Crippen molar-refractivity contribution in [2.24, 2.45) is 0 Å². The lowest BCUT2D eigenvalue weighted by atomic mass is 10.2. The number of rotatable bonds is 6. The Balaban J connectivity index is 2.40. The van der Waals surface area contributed by atoms with E-state index in [0.717, 1.165) is 29.9 Å². The molecule has 102 valence electrons. The summed E-state index contributed by atoms with van der Waals surface area (Å²) in [6.45, 7) is 2.10. The lowest BCUT2D eigenvalue weighted by molar-refractivity contribution is -0.109. The highest BCUT2D eigenvalue weighted by Crippen LogP contribution is 2.28. The number of hydrogen-bond donors (Lipinski definition) is 0. The molecule has 0 aliphatic heterocycles. The molecule has 1 heterocycles. The van der Waals surface area contributed by atoms with Gasteiger partial charge in [0.05, 0.1) is 0 Å². The number of ether oxygens (including phenoxy) is 2. The molecule has 0 amide bonds. The summed E-state index contributed by atoms with van der Waals surface area (Å²) < 4.78 is 16.4. The highest BCUT2D eigenvalue weighted by molar-refractivity contribution is 5.53. The van der Waals surface area contributed by atoms with Gasteiger partial charge in [0.15, 0.2) is 0 Å². The van der Waals surface area contributed by atoms with Crippen LogP contribution in [-0.4, -0.2) is 19.2 Å². The van der Waals surface area contributed by atoms with E-state index in [4.69, 9.17) is 13.9 Å². The molecular formula is C15H19NO3. The maximum absolute atomic E-state index is 5.85. The number of hydrogen-bond acceptors (Lipinski definition) is 4. The average Bonchev–Trinajstić information content (AvgIpc) is 2.86. The number of aryl methyl sites for hydroxylation is 1. The van der Waals surface area contributed by atoms with Gasteiger partial charge in [0.1, 0.15) is 11.5 Å². The van der Waals surface area contributed by atoms with Gasteiger partial charge >= 0.3 is 0 Å². The van der Waals surface area contributed by atoms with Gasteiger partial charge in [-0.25, -0.2) is 4.98 Å². The molecule has 0 bridgehead atoms. The van der Waals surface area contributed by atoms with Crippen LogP contribution in [0.4, 0.5) is 0 Å². The summed E-state index contributed by atoms with van der Waals surface area (Å²) in [5, 5.41) is 0. The molecule has 1 aromatic carbocycles. The van der Waals surface area contributed by atoms with Gasteiger partial charge in [-0.05, 0) is 18.6 Å². The number of benzene rings is 1. The molecule has 0 radical (unpaired) electrons. The van der Waals surface area contributed by atoms with Crippen molar-refractivity contribution in [1.29, 1.82) is 0 Å². The first kappa shape index (κ1) is 13.8. The van der Waals surface area contributed by atoms with Crippen LogP contribution in [0.5, 0.6) is 0 Å². The van der Waals surface area contributed by atoms with Gasteiger partial charge in [0.25, 0.3) is 0 Å². The molecule has 0 N–H and O–H groups in total. The van der Waals surface area contributed by atoms with E-state index >= 15 is 0 Å². The van der Waals surface area contributed by atoms with Crippen molar-refractivity contribution in [3.63, 3.8) is 0 Å². The molecule has 0 fully saturated rings. The van der Waals surface area contributed by atoms with Crippen LogP contribution in [-0.2, 0) is 15.9 Å². The highest BCUT2D eigenvalue weighted by atomic mass is 16.7. The zero-order chi connectivity index (χ0) is 13.7. The van der Waals surface area contributed by atoms with Gasteiger partial charge in [-0.3, -0.25) is 0 Å². The number of oxazole rings is 1. The van der Waals surface area contributed by atoms with Crippen molar-refractivity contribution in [3.05, 3.63) is 41.8 Å². The van der Waals surface area contributed by atoms with Gasteiger partial charge in [-0.2, -0.15) is 0 Å². The molecule has 2 aromatic rings. The molecule has 0 aliphatic carbocycles. The predicted molar refractivity (Wildman–Crippen MR) is 72.7 cm³/mol. The Morgan fingerprint density at radius 2 is 1.84 bits per heavy atom. The normalized spacial score (nSPS) is 11.2. The standard InChI is InChI=1S/C15H19NO3/c1-4-8-12-13(15(17-2)18-3)16-14(19-12)11-9-6-5-7-10-11/h5-7,9-10,15H,4,8H2,1-3H3. The molecule has 19 heavy (non-hydrogen) atoms. The Kier molecular flexibility index (Phi) is 4.71. The lowest BCUT2D eigenvalue weighted by Crippen LogP contribution is -2.06. The minimum Gasteiger partial charge on any atom is -0.441 e. The third-order valence-corrected chi connectivity index (χ3v) is 2.88. The van der Waals surface area contributed by atoms with Crippen molar-refractivity contribution in [1.82, 2.24) is 4.98 Å².